The van der Waals surface area contributed by atoms with Gasteiger partial charge in [-0.1, -0.05) is 20.3 Å². The summed E-state index contributed by atoms with van der Waals surface area (Å²) in [7, 11) is 0. The van der Waals surface area contributed by atoms with Crippen LogP contribution in [0.3, 0.4) is 0 Å². The van der Waals surface area contributed by atoms with E-state index in [2.05, 4.69) is 6.92 Å². The van der Waals surface area contributed by atoms with Gasteiger partial charge in [-0.05, 0) is 44.7 Å². The summed E-state index contributed by atoms with van der Waals surface area (Å²) < 4.78 is 11.2. The van der Waals surface area contributed by atoms with Crippen LogP contribution in [0.1, 0.15) is 65.1 Å². The zero-order chi connectivity index (χ0) is 19.6. The predicted octanol–water partition coefficient (Wildman–Crippen LogP) is 3.60. The second-order valence-electron chi connectivity index (χ2n) is 7.37. The smallest absolute Gasteiger partial charge is 0.242 e. The molecule has 1 aliphatic rings. The van der Waals surface area contributed by atoms with E-state index in [1.54, 1.807) is 16.1 Å². The Kier molecular flexibility index (Phi) is 8.85. The first-order chi connectivity index (χ1) is 13.0. The third-order valence-electron chi connectivity index (χ3n) is 5.22. The van der Waals surface area contributed by atoms with Crippen LogP contribution in [0, 0.1) is 0 Å². The minimum atomic E-state index is -0.0490. The largest absolute Gasteiger partial charge is 0.467 e. The number of unbranched alkanes of at least 4 members (excludes halogenated alkanes) is 1. The van der Waals surface area contributed by atoms with Crippen LogP contribution in [0.4, 0.5) is 0 Å². The Labute approximate surface area is 162 Å². The van der Waals surface area contributed by atoms with E-state index in [0.717, 1.165) is 44.5 Å². The van der Waals surface area contributed by atoms with Crippen LogP contribution >= 0.6 is 0 Å². The fourth-order valence-corrected chi connectivity index (χ4v) is 3.31. The lowest BCUT2D eigenvalue weighted by atomic mass is 10.1. The third kappa shape index (κ3) is 6.69. The van der Waals surface area contributed by atoms with Gasteiger partial charge in [0.2, 0.25) is 11.8 Å². The Bertz CT molecular complexity index is 567. The van der Waals surface area contributed by atoms with Crippen molar-refractivity contribution < 1.29 is 18.7 Å². The van der Waals surface area contributed by atoms with E-state index >= 15 is 0 Å². The molecule has 1 aromatic heterocycles. The number of ether oxygens (including phenoxy) is 1. The first-order valence-corrected chi connectivity index (χ1v) is 10.3. The molecule has 1 aromatic rings. The summed E-state index contributed by atoms with van der Waals surface area (Å²) in [5.74, 6) is 0.760. The predicted molar refractivity (Wildman–Crippen MR) is 104 cm³/mol. The zero-order valence-electron chi connectivity index (χ0n) is 17.0. The Morgan fingerprint density at radius 2 is 2.11 bits per heavy atom. The van der Waals surface area contributed by atoms with Crippen molar-refractivity contribution in [3.8, 4) is 0 Å². The molecule has 0 aliphatic carbocycles. The van der Waals surface area contributed by atoms with Crippen molar-refractivity contribution in [2.45, 2.75) is 78.0 Å². The molecule has 6 heteroatoms. The molecule has 2 rings (SSSR count). The molecule has 6 nitrogen and oxygen atoms in total. The first kappa shape index (κ1) is 21.5. The van der Waals surface area contributed by atoms with Crippen LogP contribution in [0.15, 0.2) is 22.8 Å². The lowest BCUT2D eigenvalue weighted by Gasteiger charge is -2.32. The molecule has 152 valence electrons. The summed E-state index contributed by atoms with van der Waals surface area (Å²) in [5, 5.41) is 0. The monoisotopic (exact) mass is 378 g/mol. The number of carbonyl (C=O) groups is 2. The SMILES string of the molecule is CCCCC(=O)N(CC(=O)N(Cc1ccco1)C[C@H]1CCCO1)[C@H](C)CC. The number of amides is 2. The number of nitrogens with zero attached hydrogens (tertiary/aromatic N) is 2. The lowest BCUT2D eigenvalue weighted by molar-refractivity contribution is -0.143. The third-order valence-corrected chi connectivity index (χ3v) is 5.22. The van der Waals surface area contributed by atoms with Crippen molar-refractivity contribution in [3.63, 3.8) is 0 Å². The van der Waals surface area contributed by atoms with Gasteiger partial charge in [0.1, 0.15) is 12.3 Å². The van der Waals surface area contributed by atoms with Gasteiger partial charge in [-0.2, -0.15) is 0 Å². The van der Waals surface area contributed by atoms with Gasteiger partial charge in [0.15, 0.2) is 0 Å². The van der Waals surface area contributed by atoms with Gasteiger partial charge in [-0.15, -0.1) is 0 Å². The van der Waals surface area contributed by atoms with Crippen molar-refractivity contribution in [1.29, 1.82) is 0 Å². The fraction of sp³-hybridized carbons (Fsp3) is 0.714. The maximum absolute atomic E-state index is 13.1. The number of hydrogen-bond acceptors (Lipinski definition) is 4. The number of hydrogen-bond donors (Lipinski definition) is 0. The molecule has 1 saturated heterocycles. The second kappa shape index (κ2) is 11.1. The molecule has 0 unspecified atom stereocenters. The quantitative estimate of drug-likeness (QED) is 0.590. The lowest BCUT2D eigenvalue weighted by Crippen LogP contribution is -2.47. The van der Waals surface area contributed by atoms with Gasteiger partial charge < -0.3 is 19.0 Å². The van der Waals surface area contributed by atoms with Gasteiger partial charge in [0.05, 0.1) is 18.9 Å². The zero-order valence-corrected chi connectivity index (χ0v) is 17.0. The highest BCUT2D eigenvalue weighted by molar-refractivity contribution is 5.85. The van der Waals surface area contributed by atoms with E-state index in [1.165, 1.54) is 0 Å². The molecule has 2 heterocycles. The van der Waals surface area contributed by atoms with Gasteiger partial charge in [0.25, 0.3) is 0 Å². The summed E-state index contributed by atoms with van der Waals surface area (Å²) in [4.78, 5) is 29.2. The highest BCUT2D eigenvalue weighted by atomic mass is 16.5. The van der Waals surface area contributed by atoms with E-state index < -0.39 is 0 Å². The molecular formula is C21H34N2O4. The molecule has 27 heavy (non-hydrogen) atoms. The molecule has 0 N–H and O–H groups in total. The van der Waals surface area contributed by atoms with Gasteiger partial charge >= 0.3 is 0 Å². The van der Waals surface area contributed by atoms with E-state index in [4.69, 9.17) is 9.15 Å². The summed E-state index contributed by atoms with van der Waals surface area (Å²) in [5.41, 5.74) is 0. The standard InChI is InChI=1S/C21H34N2O4/c1-4-6-11-20(24)23(17(3)5-2)16-21(25)22(14-18-9-7-12-26-18)15-19-10-8-13-27-19/h7,9,12,17,19H,4-6,8,10-11,13-16H2,1-3H3/t17-,19-/m1/s1. The summed E-state index contributed by atoms with van der Waals surface area (Å²) in [6, 6.07) is 3.74. The molecular weight excluding hydrogens is 344 g/mol. The minimum Gasteiger partial charge on any atom is -0.467 e. The van der Waals surface area contributed by atoms with Crippen LogP contribution in [0.2, 0.25) is 0 Å². The van der Waals surface area contributed by atoms with E-state index in [9.17, 15) is 9.59 Å². The topological polar surface area (TPSA) is 63.0 Å². The Hall–Kier alpha value is -1.82. The molecule has 0 aromatic carbocycles. The van der Waals surface area contributed by atoms with E-state index in [0.29, 0.717) is 19.5 Å². The molecule has 0 bridgehead atoms. The summed E-state index contributed by atoms with van der Waals surface area (Å²) >= 11 is 0. The van der Waals surface area contributed by atoms with E-state index in [-0.39, 0.29) is 30.5 Å². The van der Waals surface area contributed by atoms with Crippen molar-refractivity contribution in [3.05, 3.63) is 24.2 Å². The number of carbonyl (C=O) groups excluding carboxylic acids is 2. The highest BCUT2D eigenvalue weighted by Crippen LogP contribution is 2.17. The average Bonchev–Trinajstić information content (AvgIpc) is 3.37. The molecule has 1 aliphatic heterocycles. The minimum absolute atomic E-state index is 0.0477. The maximum Gasteiger partial charge on any atom is 0.242 e. The van der Waals surface area contributed by atoms with Crippen molar-refractivity contribution in [2.24, 2.45) is 0 Å². The molecule has 2 atom stereocenters. The van der Waals surface area contributed by atoms with Crippen molar-refractivity contribution in [1.82, 2.24) is 9.80 Å². The number of furan rings is 1. The van der Waals surface area contributed by atoms with Crippen molar-refractivity contribution in [2.75, 3.05) is 19.7 Å². The van der Waals surface area contributed by atoms with Gasteiger partial charge in [-0.25, -0.2) is 0 Å². The van der Waals surface area contributed by atoms with Crippen LogP contribution in [0.5, 0.6) is 0 Å². The maximum atomic E-state index is 13.1. The molecule has 0 spiro atoms. The van der Waals surface area contributed by atoms with Crippen molar-refractivity contribution >= 4 is 11.8 Å². The van der Waals surface area contributed by atoms with Crippen LogP contribution in [0.25, 0.3) is 0 Å². The Balaban J connectivity index is 2.06. The van der Waals surface area contributed by atoms with Crippen LogP contribution in [-0.2, 0) is 20.9 Å². The molecule has 2 amide bonds. The number of rotatable bonds is 11. The van der Waals surface area contributed by atoms with Crippen LogP contribution in [-0.4, -0.2) is 53.5 Å². The molecule has 0 saturated carbocycles. The summed E-state index contributed by atoms with van der Waals surface area (Å²) in [6.07, 6.45) is 6.83. The normalized spacial score (nSPS) is 17.7. The molecule has 0 radical (unpaired) electrons. The first-order valence-electron chi connectivity index (χ1n) is 10.3. The average molecular weight is 379 g/mol. The van der Waals surface area contributed by atoms with Gasteiger partial charge in [-0.3, -0.25) is 9.59 Å². The Morgan fingerprint density at radius 3 is 2.70 bits per heavy atom. The molecule has 1 fully saturated rings. The van der Waals surface area contributed by atoms with Crippen LogP contribution < -0.4 is 0 Å². The van der Waals surface area contributed by atoms with Gasteiger partial charge in [0, 0.05) is 25.6 Å². The van der Waals surface area contributed by atoms with E-state index in [1.807, 2.05) is 26.0 Å². The second-order valence-corrected chi connectivity index (χ2v) is 7.37. The Morgan fingerprint density at radius 1 is 1.30 bits per heavy atom. The summed E-state index contributed by atoms with van der Waals surface area (Å²) in [6.45, 7) is 7.93. The highest BCUT2D eigenvalue weighted by Gasteiger charge is 2.27. The fourth-order valence-electron chi connectivity index (χ4n) is 3.31.